The number of aliphatic hydroxyl groups is 1. The molecule has 1 amide bonds. The summed E-state index contributed by atoms with van der Waals surface area (Å²) in [6.07, 6.45) is 46.1. The van der Waals surface area contributed by atoms with Crippen molar-refractivity contribution in [1.82, 2.24) is 5.32 Å². The minimum Gasteiger partial charge on any atom is -0.463 e. The Balaban J connectivity index is 3.64. The second-order valence-corrected chi connectivity index (χ2v) is 15.8. The number of esters is 1. The van der Waals surface area contributed by atoms with Crippen molar-refractivity contribution < 1.29 is 37.9 Å². The van der Waals surface area contributed by atoms with Gasteiger partial charge in [0.05, 0.1) is 13.2 Å². The van der Waals surface area contributed by atoms with Gasteiger partial charge in [-0.1, -0.05) is 165 Å². The molecule has 2 atom stereocenters. The van der Waals surface area contributed by atoms with Crippen LogP contribution in [0.15, 0.2) is 48.6 Å². The molecule has 0 saturated heterocycles. The van der Waals surface area contributed by atoms with Crippen LogP contribution in [0.4, 0.5) is 0 Å². The van der Waals surface area contributed by atoms with E-state index < -0.39 is 26.5 Å². The fourth-order valence-electron chi connectivity index (χ4n) is 5.72. The molecule has 0 fully saturated rings. The van der Waals surface area contributed by atoms with Gasteiger partial charge in [0.15, 0.2) is 0 Å². The molecule has 0 heterocycles. The average Bonchev–Trinajstić information content (AvgIpc) is 3.16. The van der Waals surface area contributed by atoms with Crippen LogP contribution in [0, 0.1) is 0 Å². The second-order valence-electron chi connectivity index (χ2n) is 14.3. The molecule has 0 aliphatic heterocycles. The lowest BCUT2D eigenvalue weighted by molar-refractivity contribution is -0.147. The number of hydrogen-bond acceptors (Lipinski definition) is 7. The third kappa shape index (κ3) is 41.1. The van der Waals surface area contributed by atoms with Crippen LogP contribution in [0.1, 0.15) is 187 Å². The number of carbonyl (C=O) groups excluding carboxylic acids is 2. The molecule has 0 aromatic carbocycles. The number of hydrogen-bond donors (Lipinski definition) is 3. The van der Waals surface area contributed by atoms with Crippen molar-refractivity contribution in [2.24, 2.45) is 0 Å². The van der Waals surface area contributed by atoms with Crippen LogP contribution in [0.2, 0.25) is 0 Å². The van der Waals surface area contributed by atoms with Crippen LogP contribution >= 0.6 is 7.82 Å². The van der Waals surface area contributed by atoms with Gasteiger partial charge in [0.1, 0.15) is 12.7 Å². The maximum atomic E-state index is 12.1. The first-order valence-corrected chi connectivity index (χ1v) is 23.1. The molecule has 0 spiro atoms. The van der Waals surface area contributed by atoms with E-state index in [4.69, 9.17) is 13.8 Å². The standard InChI is InChI=1S/C44H80NO8P/c1-3-5-7-9-11-13-15-17-18-19-20-21-22-23-24-25-26-28-30-32-34-36-43(47)45-38-39-52-54(49,50)53-41-42(46)40-51-44(48)37-35-33-31-29-27-16-14-12-10-8-6-4-2/h11,13,17-18,20-21,23-24,42,46H,3-10,12,14-16,19,22,25-41H2,1-2H3,(H,45,47)(H,49,50)/b13-11-,18-17-,21-20-,24-23-. The second kappa shape index (κ2) is 40.6. The Labute approximate surface area is 330 Å². The van der Waals surface area contributed by atoms with E-state index >= 15 is 0 Å². The van der Waals surface area contributed by atoms with E-state index in [9.17, 15) is 24.2 Å². The van der Waals surface area contributed by atoms with Gasteiger partial charge in [-0.25, -0.2) is 4.57 Å². The maximum absolute atomic E-state index is 12.1. The number of allylic oxidation sites excluding steroid dienone is 8. The number of aliphatic hydroxyl groups excluding tert-OH is 1. The summed E-state index contributed by atoms with van der Waals surface area (Å²) >= 11 is 0. The smallest absolute Gasteiger partial charge is 0.463 e. The zero-order valence-electron chi connectivity index (χ0n) is 34.4. The van der Waals surface area contributed by atoms with Gasteiger partial charge in [-0.05, 0) is 57.8 Å². The molecule has 9 nitrogen and oxygen atoms in total. The molecule has 0 aromatic rings. The quantitative estimate of drug-likeness (QED) is 0.0242. The van der Waals surface area contributed by atoms with E-state index in [1.54, 1.807) is 0 Å². The van der Waals surface area contributed by atoms with E-state index in [0.717, 1.165) is 77.0 Å². The Morgan fingerprint density at radius 2 is 1.00 bits per heavy atom. The van der Waals surface area contributed by atoms with Gasteiger partial charge < -0.3 is 20.1 Å². The normalized spacial score (nSPS) is 13.8. The third-order valence-electron chi connectivity index (χ3n) is 9.01. The maximum Gasteiger partial charge on any atom is 0.472 e. The van der Waals surface area contributed by atoms with Crippen LogP contribution in [0.5, 0.6) is 0 Å². The first-order valence-electron chi connectivity index (χ1n) is 21.6. The summed E-state index contributed by atoms with van der Waals surface area (Å²) in [6, 6.07) is 0. The molecule has 54 heavy (non-hydrogen) atoms. The molecule has 0 radical (unpaired) electrons. The highest BCUT2D eigenvalue weighted by Crippen LogP contribution is 2.42. The Morgan fingerprint density at radius 1 is 0.574 bits per heavy atom. The molecular weight excluding hydrogens is 701 g/mol. The van der Waals surface area contributed by atoms with Crippen LogP contribution in [-0.4, -0.2) is 54.3 Å². The van der Waals surface area contributed by atoms with E-state index in [2.05, 4.69) is 67.8 Å². The number of ether oxygens (including phenoxy) is 1. The summed E-state index contributed by atoms with van der Waals surface area (Å²) in [5.74, 6) is -0.535. The molecule has 0 aliphatic rings. The highest BCUT2D eigenvalue weighted by atomic mass is 31.2. The van der Waals surface area contributed by atoms with Crippen LogP contribution in [0.3, 0.4) is 0 Å². The molecule has 0 aromatic heterocycles. The molecule has 2 unspecified atom stereocenters. The number of rotatable bonds is 40. The minimum absolute atomic E-state index is 0.0705. The monoisotopic (exact) mass is 782 g/mol. The van der Waals surface area contributed by atoms with Crippen LogP contribution < -0.4 is 5.32 Å². The molecule has 10 heteroatoms. The minimum atomic E-state index is -4.42. The zero-order valence-corrected chi connectivity index (χ0v) is 35.3. The first kappa shape index (κ1) is 52.0. The fourth-order valence-corrected chi connectivity index (χ4v) is 6.47. The predicted octanol–water partition coefficient (Wildman–Crippen LogP) is 11.9. The van der Waals surface area contributed by atoms with Gasteiger partial charge in [0.2, 0.25) is 5.91 Å². The fraction of sp³-hybridized carbons (Fsp3) is 0.773. The summed E-state index contributed by atoms with van der Waals surface area (Å²) in [5.41, 5.74) is 0. The highest BCUT2D eigenvalue weighted by molar-refractivity contribution is 7.47. The van der Waals surface area contributed by atoms with Crippen molar-refractivity contribution in [3.05, 3.63) is 48.6 Å². The summed E-state index contributed by atoms with van der Waals surface area (Å²) in [6.45, 7) is 3.49. The van der Waals surface area contributed by atoms with Crippen molar-refractivity contribution >= 4 is 19.7 Å². The lowest BCUT2D eigenvalue weighted by Crippen LogP contribution is -2.27. The summed E-state index contributed by atoms with van der Waals surface area (Å²) in [4.78, 5) is 33.9. The number of amides is 1. The Hall–Kier alpha value is -2.03. The topological polar surface area (TPSA) is 131 Å². The van der Waals surface area contributed by atoms with Gasteiger partial charge >= 0.3 is 13.8 Å². The van der Waals surface area contributed by atoms with Crippen molar-refractivity contribution in [3.63, 3.8) is 0 Å². The molecule has 3 N–H and O–H groups in total. The number of nitrogens with one attached hydrogen (secondary N) is 1. The Bertz CT molecular complexity index is 1030. The van der Waals surface area contributed by atoms with Gasteiger partial charge in [0, 0.05) is 19.4 Å². The van der Waals surface area contributed by atoms with Gasteiger partial charge in [-0.2, -0.15) is 0 Å². The van der Waals surface area contributed by atoms with Gasteiger partial charge in [-0.15, -0.1) is 0 Å². The lowest BCUT2D eigenvalue weighted by Gasteiger charge is -2.15. The largest absolute Gasteiger partial charge is 0.472 e. The van der Waals surface area contributed by atoms with Gasteiger partial charge in [0.25, 0.3) is 0 Å². The SMILES string of the molecule is CCCCC/C=C\C/C=C\C/C=C\C/C=C\CCCCCCCC(=O)NCCOP(=O)(O)OCC(O)COC(=O)CCCCCCCCCCCCCC. The van der Waals surface area contributed by atoms with E-state index in [1.807, 2.05) is 0 Å². The highest BCUT2D eigenvalue weighted by Gasteiger charge is 2.23. The zero-order chi connectivity index (χ0) is 39.6. The number of unbranched alkanes of at least 4 members (excludes halogenated alkanes) is 19. The molecule has 0 saturated carbocycles. The summed E-state index contributed by atoms with van der Waals surface area (Å²) < 4.78 is 26.8. The van der Waals surface area contributed by atoms with Gasteiger partial charge in [-0.3, -0.25) is 18.6 Å². The Kier molecular flexibility index (Phi) is 39.1. The summed E-state index contributed by atoms with van der Waals surface area (Å²) in [7, 11) is -4.42. The third-order valence-corrected chi connectivity index (χ3v) is 10.00. The first-order chi connectivity index (χ1) is 26.3. The molecule has 0 rings (SSSR count). The van der Waals surface area contributed by atoms with E-state index in [1.165, 1.54) is 83.5 Å². The Morgan fingerprint density at radius 3 is 1.54 bits per heavy atom. The number of phosphoric ester groups is 1. The van der Waals surface area contributed by atoms with Crippen molar-refractivity contribution in [2.75, 3.05) is 26.4 Å². The van der Waals surface area contributed by atoms with Crippen LogP contribution in [0.25, 0.3) is 0 Å². The van der Waals surface area contributed by atoms with Crippen molar-refractivity contribution in [3.8, 4) is 0 Å². The molecule has 314 valence electrons. The van der Waals surface area contributed by atoms with Crippen molar-refractivity contribution in [1.29, 1.82) is 0 Å². The predicted molar refractivity (Wildman–Crippen MR) is 224 cm³/mol. The molecule has 0 aliphatic carbocycles. The number of carbonyl (C=O) groups is 2. The van der Waals surface area contributed by atoms with Crippen molar-refractivity contribution in [2.45, 2.75) is 193 Å². The van der Waals surface area contributed by atoms with E-state index in [0.29, 0.717) is 6.42 Å². The van der Waals surface area contributed by atoms with E-state index in [-0.39, 0.29) is 32.1 Å². The molecular formula is C44H80NO8P. The van der Waals surface area contributed by atoms with Crippen LogP contribution in [-0.2, 0) is 27.9 Å². The lowest BCUT2D eigenvalue weighted by atomic mass is 10.0. The summed E-state index contributed by atoms with van der Waals surface area (Å²) in [5, 5.41) is 12.7. The average molecular weight is 782 g/mol. The number of phosphoric acid groups is 1. The molecule has 0 bridgehead atoms.